The second-order valence-corrected chi connectivity index (χ2v) is 11.2. The summed E-state index contributed by atoms with van der Waals surface area (Å²) in [4.78, 5) is 0. The number of hydrogen-bond donors (Lipinski definition) is 0. The molecule has 0 atom stereocenters. The van der Waals surface area contributed by atoms with E-state index in [1.54, 1.807) is 5.56 Å². The van der Waals surface area contributed by atoms with E-state index in [-0.39, 0.29) is 0 Å². The van der Waals surface area contributed by atoms with Gasteiger partial charge in [0.25, 0.3) is 0 Å². The van der Waals surface area contributed by atoms with Crippen LogP contribution in [-0.2, 0) is 5.41 Å². The highest BCUT2D eigenvalue weighted by Gasteiger charge is 2.64. The second kappa shape index (κ2) is 5.03. The third-order valence-electron chi connectivity index (χ3n) is 7.65. The fraction of sp³-hybridized carbons (Fsp3) is 0.538. The van der Waals surface area contributed by atoms with Gasteiger partial charge in [0.05, 0.1) is 0 Å². The van der Waals surface area contributed by atoms with E-state index in [0.29, 0.717) is 21.7 Å². The van der Waals surface area contributed by atoms with Crippen molar-refractivity contribution in [2.45, 2.75) is 71.6 Å². The minimum absolute atomic E-state index is 0.391. The number of benzene rings is 2. The van der Waals surface area contributed by atoms with Crippen LogP contribution in [-0.4, -0.2) is 0 Å². The van der Waals surface area contributed by atoms with Crippen LogP contribution in [0.1, 0.15) is 70.4 Å². The summed E-state index contributed by atoms with van der Waals surface area (Å²) in [5.41, 5.74) is 7.79. The lowest BCUT2D eigenvalue weighted by Crippen LogP contribution is -2.60. The van der Waals surface area contributed by atoms with Gasteiger partial charge in [-0.3, -0.25) is 0 Å². The van der Waals surface area contributed by atoms with Crippen molar-refractivity contribution in [2.24, 2.45) is 16.2 Å². The molecule has 0 amide bonds. The van der Waals surface area contributed by atoms with Crippen molar-refractivity contribution in [1.29, 1.82) is 0 Å². The van der Waals surface area contributed by atoms with Crippen LogP contribution < -0.4 is 0 Å². The van der Waals surface area contributed by atoms with Crippen molar-refractivity contribution in [3.8, 4) is 11.1 Å². The monoisotopic (exact) mass is 344 g/mol. The minimum atomic E-state index is 0.391. The van der Waals surface area contributed by atoms with Crippen molar-refractivity contribution in [1.82, 2.24) is 0 Å². The highest BCUT2D eigenvalue weighted by Crippen LogP contribution is 2.73. The molecule has 0 heteroatoms. The molecule has 2 aromatic carbocycles. The zero-order valence-electron chi connectivity index (χ0n) is 16.9. The third kappa shape index (κ3) is 2.48. The fourth-order valence-corrected chi connectivity index (χ4v) is 8.48. The summed E-state index contributed by atoms with van der Waals surface area (Å²) in [5, 5.41) is 0. The maximum Gasteiger partial charge on any atom is -0.00311 e. The predicted octanol–water partition coefficient (Wildman–Crippen LogP) is 7.30. The molecule has 2 aromatic rings. The van der Waals surface area contributed by atoms with E-state index in [0.717, 1.165) is 0 Å². The second-order valence-electron chi connectivity index (χ2n) is 11.2. The summed E-state index contributed by atoms with van der Waals surface area (Å²) in [7, 11) is 0. The average Bonchev–Trinajstić information content (AvgIpc) is 2.50. The van der Waals surface area contributed by atoms with Gasteiger partial charge in [0.15, 0.2) is 0 Å². The highest BCUT2D eigenvalue weighted by molar-refractivity contribution is 5.65. The van der Waals surface area contributed by atoms with Gasteiger partial charge in [0, 0.05) is 0 Å². The van der Waals surface area contributed by atoms with Gasteiger partial charge in [-0.25, -0.2) is 0 Å². The predicted molar refractivity (Wildman–Crippen MR) is 110 cm³/mol. The van der Waals surface area contributed by atoms with Crippen molar-refractivity contribution < 1.29 is 0 Å². The molecule has 0 aromatic heterocycles. The Balaban J connectivity index is 1.65. The van der Waals surface area contributed by atoms with Gasteiger partial charge in [-0.1, -0.05) is 74.9 Å². The average molecular weight is 345 g/mol. The molecular formula is C26H32. The Morgan fingerprint density at radius 2 is 1.15 bits per heavy atom. The zero-order valence-corrected chi connectivity index (χ0v) is 16.9. The van der Waals surface area contributed by atoms with E-state index < -0.39 is 0 Å². The molecule has 4 aliphatic rings. The van der Waals surface area contributed by atoms with Crippen LogP contribution in [0.15, 0.2) is 48.5 Å². The SMILES string of the molecule is Cc1cc(-c2ccccc2)cc(C23CC4(C)CC(C)(CC(C)(C4)C2)C3)c1. The molecule has 0 unspecified atom stereocenters. The van der Waals surface area contributed by atoms with Gasteiger partial charge < -0.3 is 0 Å². The summed E-state index contributed by atoms with van der Waals surface area (Å²) in [5.74, 6) is 0. The summed E-state index contributed by atoms with van der Waals surface area (Å²) >= 11 is 0. The van der Waals surface area contributed by atoms with Gasteiger partial charge >= 0.3 is 0 Å². The van der Waals surface area contributed by atoms with E-state index in [1.165, 1.54) is 55.2 Å². The van der Waals surface area contributed by atoms with Gasteiger partial charge in [0.2, 0.25) is 0 Å². The van der Waals surface area contributed by atoms with E-state index in [9.17, 15) is 0 Å². The highest BCUT2D eigenvalue weighted by atomic mass is 14.7. The van der Waals surface area contributed by atoms with Crippen LogP contribution in [0.3, 0.4) is 0 Å². The first kappa shape index (κ1) is 16.6. The van der Waals surface area contributed by atoms with Crippen molar-refractivity contribution in [2.75, 3.05) is 0 Å². The largest absolute Gasteiger partial charge is 0.0622 e. The van der Waals surface area contributed by atoms with E-state index >= 15 is 0 Å². The molecule has 0 saturated heterocycles. The number of hydrogen-bond acceptors (Lipinski definition) is 0. The number of rotatable bonds is 2. The van der Waals surface area contributed by atoms with E-state index in [1.807, 2.05) is 0 Å². The molecule has 0 aliphatic heterocycles. The molecule has 136 valence electrons. The van der Waals surface area contributed by atoms with Crippen LogP contribution in [0.4, 0.5) is 0 Å². The van der Waals surface area contributed by atoms with Crippen molar-refractivity contribution in [3.63, 3.8) is 0 Å². The Labute approximate surface area is 159 Å². The topological polar surface area (TPSA) is 0 Å². The molecule has 6 rings (SSSR count). The van der Waals surface area contributed by atoms with Crippen molar-refractivity contribution >= 4 is 0 Å². The smallest absolute Gasteiger partial charge is 0.00311 e. The van der Waals surface area contributed by atoms with Crippen LogP contribution in [0.5, 0.6) is 0 Å². The first-order chi connectivity index (χ1) is 12.2. The summed E-state index contributed by atoms with van der Waals surface area (Å²) in [6.07, 6.45) is 8.49. The lowest BCUT2D eigenvalue weighted by molar-refractivity contribution is -0.152. The Kier molecular flexibility index (Phi) is 3.21. The van der Waals surface area contributed by atoms with E-state index in [4.69, 9.17) is 0 Å². The molecule has 0 heterocycles. The van der Waals surface area contributed by atoms with Crippen LogP contribution in [0.25, 0.3) is 11.1 Å². The molecule has 0 spiro atoms. The normalized spacial score (nSPS) is 40.8. The molecule has 0 N–H and O–H groups in total. The Morgan fingerprint density at radius 1 is 0.615 bits per heavy atom. The lowest BCUT2D eigenvalue weighted by Gasteiger charge is -2.69. The maximum atomic E-state index is 2.59. The van der Waals surface area contributed by atoms with Crippen LogP contribution in [0, 0.1) is 23.2 Å². The fourth-order valence-electron chi connectivity index (χ4n) is 8.48. The van der Waals surface area contributed by atoms with Crippen molar-refractivity contribution in [3.05, 3.63) is 59.7 Å². The number of aryl methyl sites for hydroxylation is 1. The Bertz CT molecular complexity index is 805. The maximum absolute atomic E-state index is 2.59. The minimum Gasteiger partial charge on any atom is -0.0622 e. The Morgan fingerprint density at radius 3 is 1.69 bits per heavy atom. The summed E-state index contributed by atoms with van der Waals surface area (Å²) in [6.45, 7) is 10.0. The lowest BCUT2D eigenvalue weighted by atomic mass is 9.35. The Hall–Kier alpha value is -1.56. The first-order valence-corrected chi connectivity index (χ1v) is 10.4. The first-order valence-electron chi connectivity index (χ1n) is 10.4. The standard InChI is InChI=1S/C26H32/c1-19-10-21(20-8-6-5-7-9-20)12-22(11-19)26-16-23(2)13-24(3,17-26)15-25(4,14-23)18-26/h5-12H,13-18H2,1-4H3. The van der Waals surface area contributed by atoms with Crippen LogP contribution in [0.2, 0.25) is 0 Å². The molecule has 26 heavy (non-hydrogen) atoms. The summed E-state index contributed by atoms with van der Waals surface area (Å²) < 4.78 is 0. The molecular weight excluding hydrogens is 312 g/mol. The van der Waals surface area contributed by atoms with E-state index in [2.05, 4.69) is 76.2 Å². The van der Waals surface area contributed by atoms with Gasteiger partial charge in [-0.05, 0) is 83.8 Å². The molecule has 4 saturated carbocycles. The molecule has 4 aliphatic carbocycles. The van der Waals surface area contributed by atoms with Gasteiger partial charge in [-0.15, -0.1) is 0 Å². The molecule has 4 bridgehead atoms. The quantitative estimate of drug-likeness (QED) is 0.536. The molecule has 0 radical (unpaired) electrons. The zero-order chi connectivity index (χ0) is 18.2. The molecule has 0 nitrogen and oxygen atoms in total. The van der Waals surface area contributed by atoms with Gasteiger partial charge in [-0.2, -0.15) is 0 Å². The third-order valence-corrected chi connectivity index (χ3v) is 7.65. The summed E-state index contributed by atoms with van der Waals surface area (Å²) in [6, 6.07) is 18.3. The van der Waals surface area contributed by atoms with Gasteiger partial charge in [0.1, 0.15) is 0 Å². The molecule has 4 fully saturated rings. The van der Waals surface area contributed by atoms with Crippen LogP contribution >= 0.6 is 0 Å².